The number of alkyl halides is 2. The van der Waals surface area contributed by atoms with E-state index in [4.69, 9.17) is 4.74 Å². The van der Waals surface area contributed by atoms with Crippen LogP contribution in [0.5, 0.6) is 0 Å². The van der Waals surface area contributed by atoms with E-state index in [0.717, 1.165) is 12.8 Å². The summed E-state index contributed by atoms with van der Waals surface area (Å²) in [5, 5.41) is 3.41. The Morgan fingerprint density at radius 3 is 2.40 bits per heavy atom. The highest BCUT2D eigenvalue weighted by Gasteiger charge is 2.81. The van der Waals surface area contributed by atoms with Gasteiger partial charge in [-0.05, 0) is 25.7 Å². The molecule has 0 radical (unpaired) electrons. The Morgan fingerprint density at radius 2 is 1.87 bits per heavy atom. The molecule has 3 rings (SSSR count). The molecule has 3 aliphatic rings. The third-order valence-electron chi connectivity index (χ3n) is 4.57. The van der Waals surface area contributed by atoms with Gasteiger partial charge >= 0.3 is 0 Å². The van der Waals surface area contributed by atoms with Gasteiger partial charge in [-0.25, -0.2) is 8.78 Å². The summed E-state index contributed by atoms with van der Waals surface area (Å²) < 4.78 is 32.5. The molecule has 2 nitrogen and oxygen atoms in total. The summed E-state index contributed by atoms with van der Waals surface area (Å²) in [6, 6.07) is 0.660. The molecule has 1 N–H and O–H groups in total. The van der Waals surface area contributed by atoms with Crippen molar-refractivity contribution in [1.82, 2.24) is 5.32 Å². The Balaban J connectivity index is 1.81. The largest absolute Gasteiger partial charge is 0.384 e. The minimum atomic E-state index is -2.48. The maximum atomic E-state index is 13.8. The molecule has 3 fully saturated rings. The van der Waals surface area contributed by atoms with Gasteiger partial charge in [0.25, 0.3) is 5.92 Å². The van der Waals surface area contributed by atoms with Crippen LogP contribution in [-0.4, -0.2) is 31.7 Å². The zero-order chi connectivity index (χ0) is 10.7. The number of fused-ring (bicyclic) bond motifs is 2. The Labute approximate surface area is 88.4 Å². The number of hydrogen-bond acceptors (Lipinski definition) is 2. The lowest BCUT2D eigenvalue weighted by Gasteiger charge is -2.29. The monoisotopic (exact) mass is 217 g/mol. The fourth-order valence-electron chi connectivity index (χ4n) is 3.77. The van der Waals surface area contributed by atoms with E-state index in [1.165, 1.54) is 7.11 Å². The van der Waals surface area contributed by atoms with Crippen LogP contribution in [-0.2, 0) is 4.74 Å². The van der Waals surface area contributed by atoms with Crippen LogP contribution in [0.3, 0.4) is 0 Å². The molecule has 2 heterocycles. The lowest BCUT2D eigenvalue weighted by molar-refractivity contribution is 0.0341. The Hall–Kier alpha value is -0.220. The number of ether oxygens (including phenoxy) is 1. The van der Waals surface area contributed by atoms with Crippen LogP contribution in [0.25, 0.3) is 0 Å². The van der Waals surface area contributed by atoms with Gasteiger partial charge in [0.2, 0.25) is 0 Å². The predicted molar refractivity (Wildman–Crippen MR) is 51.9 cm³/mol. The lowest BCUT2D eigenvalue weighted by Crippen LogP contribution is -2.41. The molecule has 3 unspecified atom stereocenters. The minimum absolute atomic E-state index is 0.215. The molecule has 0 amide bonds. The molecule has 1 aliphatic carbocycles. The fraction of sp³-hybridized carbons (Fsp3) is 1.00. The van der Waals surface area contributed by atoms with Gasteiger partial charge in [0, 0.05) is 24.6 Å². The molecule has 2 aliphatic heterocycles. The third kappa shape index (κ3) is 1.15. The first-order valence-electron chi connectivity index (χ1n) is 5.73. The highest BCUT2D eigenvalue weighted by atomic mass is 19.3. The molecule has 1 saturated carbocycles. The van der Waals surface area contributed by atoms with Crippen molar-refractivity contribution < 1.29 is 13.5 Å². The molecule has 0 aromatic heterocycles. The smallest absolute Gasteiger partial charge is 0.260 e. The van der Waals surface area contributed by atoms with Crippen molar-refractivity contribution in [3.63, 3.8) is 0 Å². The van der Waals surface area contributed by atoms with Crippen molar-refractivity contribution in [3.05, 3.63) is 0 Å². The molecule has 0 aromatic rings. The third-order valence-corrected chi connectivity index (χ3v) is 4.57. The number of halogens is 2. The number of rotatable bonds is 2. The molecule has 2 bridgehead atoms. The number of methoxy groups -OCH3 is 1. The second-order valence-corrected chi connectivity index (χ2v) is 5.33. The summed E-state index contributed by atoms with van der Waals surface area (Å²) in [5.74, 6) is -3.01. The van der Waals surface area contributed by atoms with E-state index in [2.05, 4.69) is 5.32 Å². The maximum absolute atomic E-state index is 13.8. The van der Waals surface area contributed by atoms with Crippen molar-refractivity contribution in [2.45, 2.75) is 43.7 Å². The Kier molecular flexibility index (Phi) is 1.94. The van der Waals surface area contributed by atoms with Crippen LogP contribution in [0.2, 0.25) is 0 Å². The molecular formula is C11H17F2NO. The maximum Gasteiger partial charge on any atom is 0.260 e. The first-order valence-corrected chi connectivity index (χ1v) is 5.73. The first-order chi connectivity index (χ1) is 7.10. The molecule has 15 heavy (non-hydrogen) atoms. The average molecular weight is 217 g/mol. The van der Waals surface area contributed by atoms with Gasteiger partial charge in [0.15, 0.2) is 0 Å². The van der Waals surface area contributed by atoms with Crippen LogP contribution in [0.1, 0.15) is 25.7 Å². The SMILES string of the molecule is COCC1C(F)(F)C12CC1CCC(C2)N1. The highest BCUT2D eigenvalue weighted by Crippen LogP contribution is 2.72. The van der Waals surface area contributed by atoms with Crippen molar-refractivity contribution in [1.29, 1.82) is 0 Å². The zero-order valence-electron chi connectivity index (χ0n) is 8.93. The van der Waals surface area contributed by atoms with Crippen molar-refractivity contribution >= 4 is 0 Å². The fourth-order valence-corrected chi connectivity index (χ4v) is 3.77. The van der Waals surface area contributed by atoms with Gasteiger partial charge in [-0.2, -0.15) is 0 Å². The number of piperidine rings is 1. The van der Waals surface area contributed by atoms with E-state index >= 15 is 0 Å². The van der Waals surface area contributed by atoms with E-state index in [1.807, 2.05) is 0 Å². The molecular weight excluding hydrogens is 200 g/mol. The van der Waals surface area contributed by atoms with Crippen molar-refractivity contribution in [3.8, 4) is 0 Å². The second kappa shape index (κ2) is 2.92. The lowest BCUT2D eigenvalue weighted by atomic mass is 9.86. The Morgan fingerprint density at radius 1 is 1.27 bits per heavy atom. The molecule has 2 saturated heterocycles. The van der Waals surface area contributed by atoms with Gasteiger partial charge in [0.05, 0.1) is 12.5 Å². The molecule has 4 heteroatoms. The van der Waals surface area contributed by atoms with Crippen LogP contribution in [0, 0.1) is 11.3 Å². The minimum Gasteiger partial charge on any atom is -0.384 e. The van der Waals surface area contributed by atoms with Crippen molar-refractivity contribution in [2.24, 2.45) is 11.3 Å². The number of nitrogens with one attached hydrogen (secondary N) is 1. The first kappa shape index (κ1) is 9.97. The van der Waals surface area contributed by atoms with Gasteiger partial charge in [0.1, 0.15) is 0 Å². The standard InChI is InChI=1S/C11H17F2NO/c1-15-6-9-10(11(9,12)13)4-7-2-3-8(5-10)14-7/h7-9,14H,2-6H2,1H3. The van der Waals surface area contributed by atoms with Gasteiger partial charge in [-0.3, -0.25) is 0 Å². The predicted octanol–water partition coefficient (Wildman–Crippen LogP) is 1.80. The molecule has 86 valence electrons. The Bertz CT molecular complexity index is 270. The normalized spacial score (nSPS) is 51.0. The van der Waals surface area contributed by atoms with E-state index in [-0.39, 0.29) is 6.61 Å². The van der Waals surface area contributed by atoms with E-state index < -0.39 is 17.3 Å². The summed E-state index contributed by atoms with van der Waals surface area (Å²) in [4.78, 5) is 0. The summed E-state index contributed by atoms with van der Waals surface area (Å²) >= 11 is 0. The summed E-state index contributed by atoms with van der Waals surface area (Å²) in [6.07, 6.45) is 3.43. The summed E-state index contributed by atoms with van der Waals surface area (Å²) in [5.41, 5.74) is -0.722. The molecule has 3 atom stereocenters. The van der Waals surface area contributed by atoms with Gasteiger partial charge < -0.3 is 10.1 Å². The van der Waals surface area contributed by atoms with Crippen LogP contribution in [0.15, 0.2) is 0 Å². The van der Waals surface area contributed by atoms with Crippen molar-refractivity contribution in [2.75, 3.05) is 13.7 Å². The number of hydrogen-bond donors (Lipinski definition) is 1. The molecule has 1 spiro atoms. The van der Waals surface area contributed by atoms with Gasteiger partial charge in [-0.1, -0.05) is 0 Å². The zero-order valence-corrected chi connectivity index (χ0v) is 8.93. The van der Waals surface area contributed by atoms with E-state index in [1.54, 1.807) is 0 Å². The average Bonchev–Trinajstić information content (AvgIpc) is 2.51. The van der Waals surface area contributed by atoms with E-state index in [0.29, 0.717) is 24.9 Å². The van der Waals surface area contributed by atoms with E-state index in [9.17, 15) is 8.78 Å². The second-order valence-electron chi connectivity index (χ2n) is 5.33. The van der Waals surface area contributed by atoms with Crippen LogP contribution < -0.4 is 5.32 Å². The topological polar surface area (TPSA) is 21.3 Å². The van der Waals surface area contributed by atoms with Gasteiger partial charge in [-0.15, -0.1) is 0 Å². The quantitative estimate of drug-likeness (QED) is 0.761. The van der Waals surface area contributed by atoms with Crippen LogP contribution >= 0.6 is 0 Å². The highest BCUT2D eigenvalue weighted by molar-refractivity contribution is 5.22. The molecule has 0 aromatic carbocycles. The summed E-state index contributed by atoms with van der Waals surface area (Å²) in [7, 11) is 1.51. The summed E-state index contributed by atoms with van der Waals surface area (Å²) in [6.45, 7) is 0.215. The van der Waals surface area contributed by atoms with Crippen LogP contribution in [0.4, 0.5) is 8.78 Å².